The van der Waals surface area contributed by atoms with Gasteiger partial charge in [0.15, 0.2) is 0 Å². The van der Waals surface area contributed by atoms with E-state index in [2.05, 4.69) is 12.6 Å². The normalized spacial score (nSPS) is 10.4. The van der Waals surface area contributed by atoms with E-state index in [0.717, 1.165) is 0 Å². The van der Waals surface area contributed by atoms with E-state index in [1.54, 1.807) is 0 Å². The first-order chi connectivity index (χ1) is 3.18. The zero-order valence-electron chi connectivity index (χ0n) is 4.87. The second-order valence-corrected chi connectivity index (χ2v) is 1.49. The van der Waals surface area contributed by atoms with Crippen LogP contribution in [0.2, 0.25) is 0 Å². The largest absolute Gasteiger partial charge is 0.480 e. The Morgan fingerprint density at radius 2 is 2.11 bits per heavy atom. The molecular formula is C3H7BaNO2STi. The number of aliphatic carboxylic acids is 1. The molecule has 0 aromatic heterocycles. The molecule has 9 heavy (non-hydrogen) atoms. The van der Waals surface area contributed by atoms with E-state index in [9.17, 15) is 4.79 Å². The Bertz CT molecular complexity index is 84.2. The molecule has 0 aliphatic heterocycles. The van der Waals surface area contributed by atoms with Gasteiger partial charge in [-0.3, -0.25) is 4.79 Å². The number of rotatable bonds is 2. The van der Waals surface area contributed by atoms with Crippen molar-refractivity contribution in [2.75, 3.05) is 5.75 Å². The van der Waals surface area contributed by atoms with Crippen molar-refractivity contribution in [1.29, 1.82) is 0 Å². The molecule has 3 N–H and O–H groups in total. The minimum absolute atomic E-state index is 0. The average molecular weight is 306 g/mol. The summed E-state index contributed by atoms with van der Waals surface area (Å²) in [6.07, 6.45) is 0. The van der Waals surface area contributed by atoms with Crippen molar-refractivity contribution < 1.29 is 31.6 Å². The fourth-order valence-corrected chi connectivity index (χ4v) is 0.234. The molecule has 0 bridgehead atoms. The minimum Gasteiger partial charge on any atom is -0.480 e. The molecule has 0 rings (SSSR count). The molecule has 0 fully saturated rings. The van der Waals surface area contributed by atoms with Gasteiger partial charge in [-0.2, -0.15) is 12.6 Å². The minimum atomic E-state index is -1.00. The van der Waals surface area contributed by atoms with Crippen molar-refractivity contribution in [2.24, 2.45) is 5.73 Å². The maximum Gasteiger partial charge on any atom is 0.321 e. The molecule has 0 aromatic carbocycles. The van der Waals surface area contributed by atoms with Crippen molar-refractivity contribution in [2.45, 2.75) is 6.04 Å². The van der Waals surface area contributed by atoms with Crippen LogP contribution >= 0.6 is 12.6 Å². The number of hydrogen-bond acceptors (Lipinski definition) is 3. The molecule has 0 saturated heterocycles. The molecule has 3 nitrogen and oxygen atoms in total. The summed E-state index contributed by atoms with van der Waals surface area (Å²) in [7, 11) is 0. The summed E-state index contributed by atoms with van der Waals surface area (Å²) in [6, 6.07) is -0.816. The van der Waals surface area contributed by atoms with E-state index < -0.39 is 12.0 Å². The molecule has 0 unspecified atom stereocenters. The number of nitrogens with two attached hydrogens (primary N) is 1. The molecule has 0 amide bonds. The second-order valence-electron chi connectivity index (χ2n) is 1.13. The summed E-state index contributed by atoms with van der Waals surface area (Å²) in [5.74, 6) is -0.815. The number of carboxylic acid groups (broad SMARTS) is 1. The van der Waals surface area contributed by atoms with Crippen LogP contribution in [0.1, 0.15) is 0 Å². The third kappa shape index (κ3) is 10.1. The van der Waals surface area contributed by atoms with Crippen LogP contribution in [0.5, 0.6) is 0 Å². The summed E-state index contributed by atoms with van der Waals surface area (Å²) in [6.45, 7) is 0. The van der Waals surface area contributed by atoms with Crippen LogP contribution in [0, 0.1) is 0 Å². The molecule has 0 spiro atoms. The molecule has 48 valence electrons. The number of carboxylic acids is 1. The molecular weight excluding hydrogens is 299 g/mol. The standard InChI is InChI=1S/C3H7NO2S.Ba.Ti/c4-2(1-7)3(5)6;;/h2,7H,1,4H2,(H,5,6);;/t2-;;/m0../s1. The maximum atomic E-state index is 9.76. The van der Waals surface area contributed by atoms with E-state index in [1.165, 1.54) is 0 Å². The molecule has 0 saturated carbocycles. The first kappa shape index (κ1) is 17.2. The number of hydrogen-bond donors (Lipinski definition) is 3. The van der Waals surface area contributed by atoms with Crippen LogP contribution in [0.15, 0.2) is 0 Å². The van der Waals surface area contributed by atoms with E-state index in [1.807, 2.05) is 0 Å². The Hall–Kier alpha value is 2.07. The van der Waals surface area contributed by atoms with Crippen LogP contribution in [-0.4, -0.2) is 71.8 Å². The fraction of sp³-hybridized carbons (Fsp3) is 0.667. The molecule has 2 radical (unpaired) electrons. The van der Waals surface area contributed by atoms with Crippen LogP contribution < -0.4 is 5.73 Å². The first-order valence-electron chi connectivity index (χ1n) is 1.77. The molecule has 0 aliphatic rings. The summed E-state index contributed by atoms with van der Waals surface area (Å²) in [5, 5.41) is 8.01. The van der Waals surface area contributed by atoms with Gasteiger partial charge in [-0.25, -0.2) is 0 Å². The predicted octanol–water partition coefficient (Wildman–Crippen LogP) is -1.06. The molecule has 0 heterocycles. The Labute approximate surface area is 115 Å². The Morgan fingerprint density at radius 1 is 1.78 bits per heavy atom. The van der Waals surface area contributed by atoms with E-state index in [-0.39, 0.29) is 76.4 Å². The smallest absolute Gasteiger partial charge is 0.321 e. The van der Waals surface area contributed by atoms with Crippen LogP contribution in [-0.2, 0) is 26.5 Å². The van der Waals surface area contributed by atoms with Crippen molar-refractivity contribution in [1.82, 2.24) is 0 Å². The van der Waals surface area contributed by atoms with E-state index in [0.29, 0.717) is 0 Å². The zero-order valence-corrected chi connectivity index (χ0v) is 11.8. The maximum absolute atomic E-state index is 9.76. The monoisotopic (exact) mass is 307 g/mol. The van der Waals surface area contributed by atoms with Gasteiger partial charge in [0.05, 0.1) is 0 Å². The SMILES string of the molecule is N[C@@H](CS)C(=O)O.[Ba].[Ti]. The summed E-state index contributed by atoms with van der Waals surface area (Å²) in [5.41, 5.74) is 4.94. The van der Waals surface area contributed by atoms with Crippen molar-refractivity contribution >= 4 is 67.5 Å². The van der Waals surface area contributed by atoms with E-state index >= 15 is 0 Å². The Balaban J connectivity index is -0.000000180. The topological polar surface area (TPSA) is 63.3 Å². The molecule has 6 heteroatoms. The van der Waals surface area contributed by atoms with Gasteiger partial charge in [0.25, 0.3) is 0 Å². The van der Waals surface area contributed by atoms with Crippen LogP contribution in [0.4, 0.5) is 0 Å². The Morgan fingerprint density at radius 3 is 2.11 bits per heavy atom. The predicted molar refractivity (Wildman–Crippen MR) is 35.2 cm³/mol. The third-order valence-electron chi connectivity index (χ3n) is 0.514. The summed E-state index contributed by atoms with van der Waals surface area (Å²) < 4.78 is 0. The van der Waals surface area contributed by atoms with Gasteiger partial charge in [0.2, 0.25) is 0 Å². The zero-order chi connectivity index (χ0) is 5.86. The van der Waals surface area contributed by atoms with Crippen LogP contribution in [0.25, 0.3) is 0 Å². The van der Waals surface area contributed by atoms with Gasteiger partial charge in [0.1, 0.15) is 6.04 Å². The van der Waals surface area contributed by atoms with Crippen LogP contribution in [0.3, 0.4) is 0 Å². The third-order valence-corrected chi connectivity index (χ3v) is 0.907. The first-order valence-corrected chi connectivity index (χ1v) is 2.41. The van der Waals surface area contributed by atoms with Gasteiger partial charge in [-0.1, -0.05) is 0 Å². The summed E-state index contributed by atoms with van der Waals surface area (Å²) in [4.78, 5) is 9.76. The molecule has 0 aliphatic carbocycles. The quantitative estimate of drug-likeness (QED) is 0.450. The van der Waals surface area contributed by atoms with Crippen molar-refractivity contribution in [3.05, 3.63) is 0 Å². The number of carbonyl (C=O) groups is 1. The van der Waals surface area contributed by atoms with Gasteiger partial charge < -0.3 is 10.8 Å². The van der Waals surface area contributed by atoms with E-state index in [4.69, 9.17) is 10.8 Å². The van der Waals surface area contributed by atoms with Gasteiger partial charge in [-0.05, 0) is 0 Å². The average Bonchev–Trinajstić information content (AvgIpc) is 1.65. The van der Waals surface area contributed by atoms with Gasteiger partial charge in [-0.15, -0.1) is 0 Å². The summed E-state index contributed by atoms with van der Waals surface area (Å²) >= 11 is 3.65. The Kier molecular flexibility index (Phi) is 19.3. The molecule has 0 aromatic rings. The number of thiol groups is 1. The fourth-order valence-electron chi connectivity index (χ4n) is 0.0781. The second kappa shape index (κ2) is 10.1. The van der Waals surface area contributed by atoms with Gasteiger partial charge in [0, 0.05) is 76.4 Å². The molecule has 1 atom stereocenters. The van der Waals surface area contributed by atoms with Gasteiger partial charge >= 0.3 is 5.97 Å². The van der Waals surface area contributed by atoms with Crippen molar-refractivity contribution in [3.63, 3.8) is 0 Å². The van der Waals surface area contributed by atoms with Crippen molar-refractivity contribution in [3.8, 4) is 0 Å².